The fourth-order valence-electron chi connectivity index (χ4n) is 2.18. The van der Waals surface area contributed by atoms with Crippen LogP contribution >= 0.6 is 11.8 Å². The van der Waals surface area contributed by atoms with E-state index in [-0.39, 0.29) is 31.9 Å². The van der Waals surface area contributed by atoms with Gasteiger partial charge in [0.1, 0.15) is 0 Å². The zero-order chi connectivity index (χ0) is 21.6. The van der Waals surface area contributed by atoms with Crippen molar-refractivity contribution in [3.8, 4) is 0 Å². The molecule has 2 aromatic rings. The van der Waals surface area contributed by atoms with E-state index in [2.05, 4.69) is 19.8 Å². The van der Waals surface area contributed by atoms with Crippen LogP contribution in [0.4, 0.5) is 16.2 Å². The van der Waals surface area contributed by atoms with Gasteiger partial charge in [0.2, 0.25) is 9.84 Å². The number of hydrogen-bond acceptors (Lipinski definition) is 9. The van der Waals surface area contributed by atoms with Gasteiger partial charge in [-0.15, -0.1) is 0 Å². The van der Waals surface area contributed by atoms with Crippen molar-refractivity contribution >= 4 is 50.2 Å². The lowest BCUT2D eigenvalue weighted by Crippen LogP contribution is -2.27. The van der Waals surface area contributed by atoms with Gasteiger partial charge in [-0.05, 0) is 48.7 Å². The van der Waals surface area contributed by atoms with E-state index in [0.717, 1.165) is 11.8 Å². The van der Waals surface area contributed by atoms with Crippen LogP contribution in [0, 0.1) is 0 Å². The molecule has 0 atom stereocenters. The molecule has 0 bridgehead atoms. The molecule has 154 valence electrons. The van der Waals surface area contributed by atoms with E-state index in [9.17, 15) is 18.0 Å². The van der Waals surface area contributed by atoms with Crippen molar-refractivity contribution in [3.63, 3.8) is 0 Å². The summed E-state index contributed by atoms with van der Waals surface area (Å²) in [6.45, 7) is 0. The average molecular weight is 437 g/mol. The Bertz CT molecular complexity index is 1050. The second kappa shape index (κ2) is 9.43. The molecule has 0 spiro atoms. The Kier molecular flexibility index (Phi) is 7.23. The summed E-state index contributed by atoms with van der Waals surface area (Å²) in [6, 6.07) is 9.41. The summed E-state index contributed by atoms with van der Waals surface area (Å²) < 4.78 is 35.0. The smallest absolute Gasteiger partial charge is 0.412 e. The molecule has 29 heavy (non-hydrogen) atoms. The number of carbonyl (C=O) groups excluding carboxylic acids is 2. The van der Waals surface area contributed by atoms with Gasteiger partial charge in [-0.1, -0.05) is 11.8 Å². The first-order valence-electron chi connectivity index (χ1n) is 8.03. The van der Waals surface area contributed by atoms with Gasteiger partial charge in [-0.2, -0.15) is 0 Å². The summed E-state index contributed by atoms with van der Waals surface area (Å²) in [5.41, 5.74) is 6.52. The minimum Gasteiger partial charge on any atom is -0.465 e. The maximum absolute atomic E-state index is 12.9. The fourth-order valence-corrected chi connectivity index (χ4v) is 3.84. The molecule has 0 aromatic heterocycles. The number of carbonyl (C=O) groups is 2. The molecule has 0 heterocycles. The van der Waals surface area contributed by atoms with Gasteiger partial charge in [-0.25, -0.2) is 23.0 Å². The molecular formula is C18H19N3O6S2. The third-order valence-electron chi connectivity index (χ3n) is 3.71. The van der Waals surface area contributed by atoms with Crippen LogP contribution in [-0.2, 0) is 19.3 Å². The topological polar surface area (TPSA) is 137 Å². The maximum Gasteiger partial charge on any atom is 0.412 e. The second-order valence-corrected chi connectivity index (χ2v) is 8.22. The van der Waals surface area contributed by atoms with Gasteiger partial charge in [0.05, 0.1) is 40.9 Å². The van der Waals surface area contributed by atoms with Crippen molar-refractivity contribution in [2.24, 2.45) is 4.99 Å². The lowest BCUT2D eigenvalue weighted by atomic mass is 10.2. The number of methoxy groups -OCH3 is 2. The van der Waals surface area contributed by atoms with Crippen LogP contribution in [0.1, 0.15) is 10.4 Å². The number of alkyl carbamates (subject to hydrolysis) is 1. The molecule has 2 aromatic carbocycles. The predicted molar refractivity (Wildman–Crippen MR) is 110 cm³/mol. The molecule has 11 heteroatoms. The number of nitrogens with two attached hydrogens (primary N) is 1. The molecule has 0 radical (unpaired) electrons. The Balaban J connectivity index is 2.43. The van der Waals surface area contributed by atoms with Gasteiger partial charge in [0, 0.05) is 0 Å². The summed E-state index contributed by atoms with van der Waals surface area (Å²) in [5.74, 6) is -0.569. The first-order valence-corrected chi connectivity index (χ1v) is 10.7. The number of amidine groups is 1. The van der Waals surface area contributed by atoms with Gasteiger partial charge in [-0.3, -0.25) is 5.32 Å². The molecule has 0 aliphatic heterocycles. The van der Waals surface area contributed by atoms with Crippen molar-refractivity contribution in [2.45, 2.75) is 9.79 Å². The molecule has 3 N–H and O–H groups in total. The highest BCUT2D eigenvalue weighted by Gasteiger charge is 2.20. The Morgan fingerprint density at radius 1 is 1.03 bits per heavy atom. The maximum atomic E-state index is 12.9. The summed E-state index contributed by atoms with van der Waals surface area (Å²) in [5, 5.41) is 2.59. The van der Waals surface area contributed by atoms with Crippen molar-refractivity contribution in [1.82, 2.24) is 5.32 Å². The van der Waals surface area contributed by atoms with Gasteiger partial charge in [0.25, 0.3) is 0 Å². The largest absolute Gasteiger partial charge is 0.465 e. The van der Waals surface area contributed by atoms with Crippen LogP contribution in [0.25, 0.3) is 0 Å². The Hall–Kier alpha value is -3.05. The minimum absolute atomic E-state index is 0.0115. The fraction of sp³-hybridized carbons (Fsp3) is 0.167. The van der Waals surface area contributed by atoms with Crippen LogP contribution in [0.5, 0.6) is 0 Å². The van der Waals surface area contributed by atoms with E-state index in [1.165, 1.54) is 56.7 Å². The summed E-state index contributed by atoms with van der Waals surface area (Å²) in [6.07, 6.45) is 0.958. The van der Waals surface area contributed by atoms with E-state index in [0.29, 0.717) is 0 Å². The normalized spacial score (nSPS) is 11.6. The number of esters is 1. The molecular weight excluding hydrogens is 418 g/mol. The van der Waals surface area contributed by atoms with Crippen LogP contribution in [0.3, 0.4) is 0 Å². The third-order valence-corrected chi connectivity index (χ3v) is 6.06. The third kappa shape index (κ3) is 5.27. The summed E-state index contributed by atoms with van der Waals surface area (Å²) >= 11 is 1.12. The number of nitrogens with zero attached hydrogens (tertiary/aromatic N) is 1. The zero-order valence-electron chi connectivity index (χ0n) is 15.8. The molecule has 0 aliphatic rings. The predicted octanol–water partition coefficient (Wildman–Crippen LogP) is 2.59. The number of nitrogen functional groups attached to an aromatic ring is 1. The van der Waals surface area contributed by atoms with Crippen molar-refractivity contribution < 1.29 is 27.5 Å². The summed E-state index contributed by atoms with van der Waals surface area (Å²) in [4.78, 5) is 27.0. The Morgan fingerprint density at radius 2 is 1.66 bits per heavy atom. The highest BCUT2D eigenvalue weighted by molar-refractivity contribution is 8.13. The number of thioether (sulfide) groups is 1. The van der Waals surface area contributed by atoms with Gasteiger partial charge >= 0.3 is 12.1 Å². The SMILES string of the molecule is COC(=O)NC(=Nc1cc(S(=O)(=O)c2ccc(C(=O)OC)cc2)ccc1N)SC. The first-order chi connectivity index (χ1) is 13.7. The molecule has 2 rings (SSSR count). The van der Waals surface area contributed by atoms with Crippen LogP contribution in [-0.4, -0.2) is 46.1 Å². The van der Waals surface area contributed by atoms with E-state index < -0.39 is 21.9 Å². The monoisotopic (exact) mass is 437 g/mol. The number of rotatable bonds is 4. The Morgan fingerprint density at radius 3 is 2.21 bits per heavy atom. The number of hydrogen-bond donors (Lipinski definition) is 2. The number of sulfone groups is 1. The number of nitrogens with one attached hydrogen (secondary N) is 1. The first kappa shape index (κ1) is 22.2. The number of ether oxygens (including phenoxy) is 2. The van der Waals surface area contributed by atoms with Crippen LogP contribution in [0.15, 0.2) is 57.2 Å². The standard InChI is InChI=1S/C18H19N3O6S2/c1-26-16(22)11-4-6-12(7-5-11)29(24,25)13-8-9-14(19)15(10-13)20-17(28-3)21-18(23)27-2/h4-10H,19H2,1-3H3,(H,20,21,23). The molecule has 1 amide bonds. The molecule has 0 fully saturated rings. The molecule has 0 saturated heterocycles. The van der Waals surface area contributed by atoms with Crippen molar-refractivity contribution in [1.29, 1.82) is 0 Å². The Labute approximate surface area is 172 Å². The lowest BCUT2D eigenvalue weighted by Gasteiger charge is -2.09. The second-order valence-electron chi connectivity index (χ2n) is 5.48. The van der Waals surface area contributed by atoms with Crippen molar-refractivity contribution in [3.05, 3.63) is 48.0 Å². The summed E-state index contributed by atoms with van der Waals surface area (Å²) in [7, 11) is -1.45. The highest BCUT2D eigenvalue weighted by atomic mass is 32.2. The van der Waals surface area contributed by atoms with E-state index in [1.54, 1.807) is 6.26 Å². The molecule has 0 saturated carbocycles. The van der Waals surface area contributed by atoms with Gasteiger partial charge < -0.3 is 15.2 Å². The lowest BCUT2D eigenvalue weighted by molar-refractivity contribution is 0.0600. The number of amides is 1. The number of anilines is 1. The van der Waals surface area contributed by atoms with Crippen molar-refractivity contribution in [2.75, 3.05) is 26.2 Å². The quantitative estimate of drug-likeness (QED) is 0.322. The number of aliphatic imine (C=N–C) groups is 1. The average Bonchev–Trinajstić information content (AvgIpc) is 2.73. The van der Waals surface area contributed by atoms with E-state index in [4.69, 9.17) is 5.73 Å². The van der Waals surface area contributed by atoms with Crippen LogP contribution < -0.4 is 11.1 Å². The minimum atomic E-state index is -3.89. The molecule has 0 aliphatic carbocycles. The molecule has 0 unspecified atom stereocenters. The van der Waals surface area contributed by atoms with Gasteiger partial charge in [0.15, 0.2) is 5.17 Å². The van der Waals surface area contributed by atoms with Crippen LogP contribution in [0.2, 0.25) is 0 Å². The zero-order valence-corrected chi connectivity index (χ0v) is 17.5. The highest BCUT2D eigenvalue weighted by Crippen LogP contribution is 2.30. The number of benzene rings is 2. The molecule has 9 nitrogen and oxygen atoms in total. The van der Waals surface area contributed by atoms with E-state index >= 15 is 0 Å². The van der Waals surface area contributed by atoms with E-state index in [1.807, 2.05) is 0 Å².